The first-order valence-electron chi connectivity index (χ1n) is 7.80. The van der Waals surface area contributed by atoms with E-state index in [2.05, 4.69) is 34.3 Å². The number of rotatable bonds is 7. The third-order valence-electron chi connectivity index (χ3n) is 3.80. The highest BCUT2D eigenvalue weighted by Gasteiger charge is 2.24. The van der Waals surface area contributed by atoms with Crippen LogP contribution in [0.3, 0.4) is 0 Å². The number of hydrogen-bond donors (Lipinski definition) is 1. The summed E-state index contributed by atoms with van der Waals surface area (Å²) in [4.78, 5) is 9.43. The SMILES string of the molecule is CN=C(NCc1ccc(C)s1)N1CCC(COCCOC)C1.I. The summed E-state index contributed by atoms with van der Waals surface area (Å²) in [5, 5.41) is 3.46. The van der Waals surface area contributed by atoms with Crippen LogP contribution in [0.5, 0.6) is 0 Å². The van der Waals surface area contributed by atoms with E-state index in [1.54, 1.807) is 7.11 Å². The Hall–Kier alpha value is -0.380. The van der Waals surface area contributed by atoms with Gasteiger partial charge in [-0.3, -0.25) is 4.99 Å². The zero-order chi connectivity index (χ0) is 15.8. The fraction of sp³-hybridized carbons (Fsp3) is 0.688. The van der Waals surface area contributed by atoms with Crippen molar-refractivity contribution in [2.24, 2.45) is 10.9 Å². The van der Waals surface area contributed by atoms with E-state index in [-0.39, 0.29) is 24.0 Å². The van der Waals surface area contributed by atoms with Crippen molar-refractivity contribution in [3.63, 3.8) is 0 Å². The number of halogens is 1. The largest absolute Gasteiger partial charge is 0.382 e. The van der Waals surface area contributed by atoms with Crippen molar-refractivity contribution in [3.05, 3.63) is 21.9 Å². The number of thiophene rings is 1. The van der Waals surface area contributed by atoms with Gasteiger partial charge in [0.05, 0.1) is 26.4 Å². The molecule has 1 unspecified atom stereocenters. The van der Waals surface area contributed by atoms with Gasteiger partial charge in [-0.25, -0.2) is 0 Å². The van der Waals surface area contributed by atoms with E-state index in [4.69, 9.17) is 9.47 Å². The number of methoxy groups -OCH3 is 1. The third-order valence-corrected chi connectivity index (χ3v) is 4.80. The van der Waals surface area contributed by atoms with Gasteiger partial charge in [0.25, 0.3) is 0 Å². The first-order valence-corrected chi connectivity index (χ1v) is 8.62. The van der Waals surface area contributed by atoms with Crippen LogP contribution in [0.1, 0.15) is 16.2 Å². The van der Waals surface area contributed by atoms with Gasteiger partial charge in [-0.2, -0.15) is 0 Å². The summed E-state index contributed by atoms with van der Waals surface area (Å²) in [7, 11) is 3.55. The second-order valence-corrected chi connectivity index (χ2v) is 6.95. The first-order chi connectivity index (χ1) is 10.7. The van der Waals surface area contributed by atoms with Crippen molar-refractivity contribution < 1.29 is 9.47 Å². The molecule has 1 aromatic heterocycles. The van der Waals surface area contributed by atoms with Gasteiger partial charge in [-0.1, -0.05) is 0 Å². The van der Waals surface area contributed by atoms with Crippen LogP contribution >= 0.6 is 35.3 Å². The van der Waals surface area contributed by atoms with E-state index >= 15 is 0 Å². The number of hydrogen-bond acceptors (Lipinski definition) is 4. The predicted octanol–water partition coefficient (Wildman–Crippen LogP) is 2.73. The molecule has 1 atom stereocenters. The number of likely N-dealkylation sites (tertiary alicyclic amines) is 1. The Morgan fingerprint density at radius 2 is 2.26 bits per heavy atom. The van der Waals surface area contributed by atoms with E-state index in [0.717, 1.165) is 38.6 Å². The van der Waals surface area contributed by atoms with Gasteiger partial charge in [0.2, 0.25) is 0 Å². The molecular formula is C16H28IN3O2S. The molecule has 1 aliphatic rings. The maximum Gasteiger partial charge on any atom is 0.193 e. The Bertz CT molecular complexity index is 482. The Morgan fingerprint density at radius 3 is 2.91 bits per heavy atom. The monoisotopic (exact) mass is 453 g/mol. The molecule has 23 heavy (non-hydrogen) atoms. The average molecular weight is 453 g/mol. The lowest BCUT2D eigenvalue weighted by Crippen LogP contribution is -2.39. The molecule has 5 nitrogen and oxygen atoms in total. The van der Waals surface area contributed by atoms with Crippen LogP contribution in [0.2, 0.25) is 0 Å². The maximum atomic E-state index is 5.64. The van der Waals surface area contributed by atoms with Crippen molar-refractivity contribution in [1.82, 2.24) is 10.2 Å². The molecule has 0 amide bonds. The molecule has 1 aliphatic heterocycles. The lowest BCUT2D eigenvalue weighted by molar-refractivity contribution is 0.0536. The van der Waals surface area contributed by atoms with Crippen LogP contribution in [-0.4, -0.2) is 57.9 Å². The van der Waals surface area contributed by atoms with E-state index in [1.165, 1.54) is 9.75 Å². The summed E-state index contributed by atoms with van der Waals surface area (Å²) >= 11 is 1.83. The minimum Gasteiger partial charge on any atom is -0.382 e. The van der Waals surface area contributed by atoms with E-state index < -0.39 is 0 Å². The highest BCUT2D eigenvalue weighted by Crippen LogP contribution is 2.18. The Kier molecular flexibility index (Phi) is 10.1. The average Bonchev–Trinajstić information content (AvgIpc) is 3.14. The summed E-state index contributed by atoms with van der Waals surface area (Å²) in [6, 6.07) is 4.34. The number of nitrogens with one attached hydrogen (secondary N) is 1. The Morgan fingerprint density at radius 1 is 1.43 bits per heavy atom. The van der Waals surface area contributed by atoms with Crippen LogP contribution in [0.15, 0.2) is 17.1 Å². The van der Waals surface area contributed by atoms with Gasteiger partial charge in [-0.05, 0) is 25.5 Å². The lowest BCUT2D eigenvalue weighted by Gasteiger charge is -2.21. The number of nitrogens with zero attached hydrogens (tertiary/aromatic N) is 2. The minimum absolute atomic E-state index is 0. The summed E-state index contributed by atoms with van der Waals surface area (Å²) in [5.74, 6) is 1.57. The van der Waals surface area contributed by atoms with Crippen molar-refractivity contribution in [1.29, 1.82) is 0 Å². The molecule has 0 radical (unpaired) electrons. The fourth-order valence-corrected chi connectivity index (χ4v) is 3.46. The van der Waals surface area contributed by atoms with Crippen molar-refractivity contribution >= 4 is 41.3 Å². The molecule has 0 spiro atoms. The Balaban J connectivity index is 0.00000264. The van der Waals surface area contributed by atoms with Crippen LogP contribution in [-0.2, 0) is 16.0 Å². The predicted molar refractivity (Wildman–Crippen MR) is 107 cm³/mol. The zero-order valence-electron chi connectivity index (χ0n) is 14.2. The van der Waals surface area contributed by atoms with Gasteiger partial charge in [0, 0.05) is 42.9 Å². The smallest absolute Gasteiger partial charge is 0.193 e. The van der Waals surface area contributed by atoms with Gasteiger partial charge < -0.3 is 19.7 Å². The highest BCUT2D eigenvalue weighted by atomic mass is 127. The summed E-state index contributed by atoms with van der Waals surface area (Å²) in [6.07, 6.45) is 1.16. The normalized spacial score (nSPS) is 18.1. The topological polar surface area (TPSA) is 46.1 Å². The van der Waals surface area contributed by atoms with Crippen LogP contribution in [0, 0.1) is 12.8 Å². The number of aliphatic imine (C=N–C) groups is 1. The number of aryl methyl sites for hydroxylation is 1. The molecule has 0 aromatic carbocycles. The summed E-state index contributed by atoms with van der Waals surface area (Å²) in [6.45, 7) is 7.18. The van der Waals surface area contributed by atoms with Gasteiger partial charge in [0.1, 0.15) is 0 Å². The Labute approximate surface area is 160 Å². The quantitative estimate of drug-likeness (QED) is 0.299. The molecule has 0 aliphatic carbocycles. The van der Waals surface area contributed by atoms with Crippen LogP contribution in [0.4, 0.5) is 0 Å². The first kappa shape index (κ1) is 20.7. The molecule has 7 heteroatoms. The molecule has 2 heterocycles. The van der Waals surface area contributed by atoms with Crippen LogP contribution in [0.25, 0.3) is 0 Å². The molecule has 132 valence electrons. The molecule has 2 rings (SSSR count). The summed E-state index contributed by atoms with van der Waals surface area (Å²) < 4.78 is 10.6. The molecular weight excluding hydrogens is 425 g/mol. The molecule has 1 aromatic rings. The lowest BCUT2D eigenvalue weighted by atomic mass is 10.1. The molecule has 0 bridgehead atoms. The number of ether oxygens (including phenoxy) is 2. The van der Waals surface area contributed by atoms with Crippen LogP contribution < -0.4 is 5.32 Å². The fourth-order valence-electron chi connectivity index (χ4n) is 2.63. The van der Waals surface area contributed by atoms with Crippen molar-refractivity contribution in [2.45, 2.75) is 19.9 Å². The van der Waals surface area contributed by atoms with Gasteiger partial charge in [-0.15, -0.1) is 35.3 Å². The number of guanidine groups is 1. The van der Waals surface area contributed by atoms with Gasteiger partial charge >= 0.3 is 0 Å². The molecule has 1 N–H and O–H groups in total. The van der Waals surface area contributed by atoms with E-state index in [1.807, 2.05) is 18.4 Å². The second-order valence-electron chi connectivity index (χ2n) is 5.58. The molecule has 1 saturated heterocycles. The second kappa shape index (κ2) is 11.2. The standard InChI is InChI=1S/C16H27N3O2S.HI/c1-13-4-5-15(22-13)10-18-16(17-2)19-7-6-14(11-19)12-21-9-8-20-3;/h4-5,14H,6-12H2,1-3H3,(H,17,18);1H. The molecule has 0 saturated carbocycles. The maximum absolute atomic E-state index is 5.64. The van der Waals surface area contributed by atoms with Gasteiger partial charge in [0.15, 0.2) is 5.96 Å². The molecule has 1 fully saturated rings. The van der Waals surface area contributed by atoms with Crippen molar-refractivity contribution in [3.8, 4) is 0 Å². The van der Waals surface area contributed by atoms with Crippen molar-refractivity contribution in [2.75, 3.05) is 47.1 Å². The van der Waals surface area contributed by atoms with E-state index in [9.17, 15) is 0 Å². The summed E-state index contributed by atoms with van der Waals surface area (Å²) in [5.41, 5.74) is 0. The minimum atomic E-state index is 0. The highest BCUT2D eigenvalue weighted by molar-refractivity contribution is 14.0. The zero-order valence-corrected chi connectivity index (χ0v) is 17.4. The third kappa shape index (κ3) is 6.94. The van der Waals surface area contributed by atoms with E-state index in [0.29, 0.717) is 19.1 Å².